The van der Waals surface area contributed by atoms with E-state index in [1.165, 1.54) is 36.5 Å². The third-order valence-corrected chi connectivity index (χ3v) is 9.74. The van der Waals surface area contributed by atoms with Crippen molar-refractivity contribution in [2.24, 2.45) is 15.9 Å². The molecule has 0 saturated carbocycles. The highest BCUT2D eigenvalue weighted by atomic mass is 35.5. The number of rotatable bonds is 9. The number of hydrogen-bond donors (Lipinski definition) is 0. The summed E-state index contributed by atoms with van der Waals surface area (Å²) in [5.41, 5.74) is 3.55. The van der Waals surface area contributed by atoms with Crippen LogP contribution in [0.5, 0.6) is 0 Å². The lowest BCUT2D eigenvalue weighted by Gasteiger charge is -2.33. The Balaban J connectivity index is 1.32. The first-order valence-corrected chi connectivity index (χ1v) is 16.3. The second-order valence-corrected chi connectivity index (χ2v) is 13.3. The minimum absolute atomic E-state index is 0.136. The fourth-order valence-corrected chi connectivity index (χ4v) is 7.63. The molecule has 2 saturated heterocycles. The number of aliphatic imine (C=N–C) groups is 2. The largest absolute Gasteiger partial charge is 0.404 e. The Morgan fingerprint density at radius 3 is 2.78 bits per heavy atom. The molecule has 0 bridgehead atoms. The number of thiazole rings is 1. The van der Waals surface area contributed by atoms with Crippen molar-refractivity contribution < 1.29 is 22.0 Å². The first-order chi connectivity index (χ1) is 21.5. The first kappa shape index (κ1) is 32.0. The zero-order chi connectivity index (χ0) is 31.9. The lowest BCUT2D eigenvalue weighted by molar-refractivity contribution is -0.176. The zero-order valence-electron chi connectivity index (χ0n) is 24.9. The number of likely N-dealkylation sites (tertiary alicyclic amines) is 1. The Morgan fingerprint density at radius 2 is 2.07 bits per heavy atom. The van der Waals surface area contributed by atoms with Crippen LogP contribution in [0.25, 0.3) is 0 Å². The molecule has 5 heterocycles. The lowest BCUT2D eigenvalue weighted by atomic mass is 9.90. The van der Waals surface area contributed by atoms with Crippen LogP contribution in [0, 0.1) is 11.7 Å². The minimum Gasteiger partial charge on any atom is -0.327 e. The van der Waals surface area contributed by atoms with Gasteiger partial charge >= 0.3 is 6.18 Å². The van der Waals surface area contributed by atoms with Gasteiger partial charge in [-0.1, -0.05) is 17.7 Å². The predicted molar refractivity (Wildman–Crippen MR) is 168 cm³/mol. The van der Waals surface area contributed by atoms with Crippen LogP contribution in [0.15, 0.2) is 75.0 Å². The Kier molecular flexibility index (Phi) is 9.29. The van der Waals surface area contributed by atoms with Crippen molar-refractivity contribution in [3.8, 4) is 0 Å². The van der Waals surface area contributed by atoms with Gasteiger partial charge in [-0.2, -0.15) is 13.2 Å². The van der Waals surface area contributed by atoms with Gasteiger partial charge in [-0.25, -0.2) is 18.8 Å². The second-order valence-electron chi connectivity index (χ2n) is 12.0. The van der Waals surface area contributed by atoms with Crippen molar-refractivity contribution in [1.82, 2.24) is 19.7 Å². The molecule has 4 aliphatic heterocycles. The molecule has 1 unspecified atom stereocenters. The smallest absolute Gasteiger partial charge is 0.327 e. The topological polar surface area (TPSA) is 47.3 Å². The van der Waals surface area contributed by atoms with Gasteiger partial charge in [0.1, 0.15) is 24.1 Å². The molecule has 13 heteroatoms. The molecule has 45 heavy (non-hydrogen) atoms. The number of nitrogens with zero attached hydrogens (tertiary/aromatic N) is 6. The number of halogens is 6. The van der Waals surface area contributed by atoms with E-state index in [1.807, 2.05) is 18.5 Å². The molecule has 1 aromatic carbocycles. The van der Waals surface area contributed by atoms with Crippen LogP contribution in [0.4, 0.5) is 22.0 Å². The Hall–Kier alpha value is -2.93. The second kappa shape index (κ2) is 13.1. The fourth-order valence-electron chi connectivity index (χ4n) is 6.72. The van der Waals surface area contributed by atoms with Gasteiger partial charge in [0.2, 0.25) is 0 Å². The van der Waals surface area contributed by atoms with Crippen molar-refractivity contribution in [3.05, 3.63) is 86.4 Å². The van der Waals surface area contributed by atoms with Crippen LogP contribution in [-0.4, -0.2) is 89.4 Å². The van der Waals surface area contributed by atoms with Crippen LogP contribution in [0.1, 0.15) is 42.8 Å². The summed E-state index contributed by atoms with van der Waals surface area (Å²) in [5.74, 6) is 0.357. The van der Waals surface area contributed by atoms with Gasteiger partial charge in [-0.3, -0.25) is 9.89 Å². The number of amidine groups is 1. The summed E-state index contributed by atoms with van der Waals surface area (Å²) in [6.07, 6.45) is 2.73. The van der Waals surface area contributed by atoms with Gasteiger partial charge in [0, 0.05) is 59.6 Å². The average molecular weight is 665 g/mol. The average Bonchev–Trinajstić information content (AvgIpc) is 3.78. The van der Waals surface area contributed by atoms with Gasteiger partial charge in [-0.05, 0) is 76.1 Å². The SMILES string of the molecule is CC(F)/C=C1/C=CC(C2=C3C[C@H](CN(C)CCN4CCC[C@@H]4C(F)(F)F)CN3C(c3nccs3)=N[C@H]2c2ccc(F)cc2Cl)=N1. The molecule has 1 aromatic heterocycles. The molecule has 240 valence electrons. The molecule has 4 aliphatic rings. The highest BCUT2D eigenvalue weighted by Gasteiger charge is 2.46. The van der Waals surface area contributed by atoms with E-state index in [0.29, 0.717) is 68.4 Å². The van der Waals surface area contributed by atoms with Crippen molar-refractivity contribution in [3.63, 3.8) is 0 Å². The molecule has 0 radical (unpaired) electrons. The molecule has 6 rings (SSSR count). The molecular formula is C32H34ClF5N6S. The maximum atomic E-state index is 14.1. The number of hydrogen-bond acceptors (Lipinski definition) is 7. The Labute approximate surface area is 268 Å². The number of likely N-dealkylation sites (N-methyl/N-ethyl adjacent to an activating group) is 1. The molecule has 0 aliphatic carbocycles. The lowest BCUT2D eigenvalue weighted by Crippen LogP contribution is -2.44. The standard InChI is InChI=1S/C32H34ClF5N6S/c1-19(34)14-22-6-8-25(40-22)28-26-15-20(17-42(2)11-12-43-10-3-4-27(43)32(36,37)38)18-44(26)30(31-39-9-13-45-31)41-29(28)23-7-5-21(35)16-24(23)33/h5-9,13-14,16,19-20,27,29H,3-4,10-12,15,17-18H2,1-2H3/b22-14-/t19?,20-,27-,29+/m1/s1. The molecule has 4 atom stereocenters. The van der Waals surface area contributed by atoms with Gasteiger partial charge < -0.3 is 9.80 Å². The van der Waals surface area contributed by atoms with Crippen LogP contribution in [-0.2, 0) is 0 Å². The minimum atomic E-state index is -4.21. The Morgan fingerprint density at radius 1 is 1.24 bits per heavy atom. The van der Waals surface area contributed by atoms with Crippen LogP contribution in [0.2, 0.25) is 5.02 Å². The van der Waals surface area contributed by atoms with Gasteiger partial charge in [0.25, 0.3) is 0 Å². The number of aromatic nitrogens is 1. The zero-order valence-corrected chi connectivity index (χ0v) is 26.5. The van der Waals surface area contributed by atoms with E-state index in [-0.39, 0.29) is 17.4 Å². The summed E-state index contributed by atoms with van der Waals surface area (Å²) < 4.78 is 68.4. The van der Waals surface area contributed by atoms with Crippen molar-refractivity contribution in [2.45, 2.75) is 50.6 Å². The summed E-state index contributed by atoms with van der Waals surface area (Å²) in [6.45, 7) is 4.06. The van der Waals surface area contributed by atoms with Crippen LogP contribution in [0.3, 0.4) is 0 Å². The molecule has 6 nitrogen and oxygen atoms in total. The monoisotopic (exact) mass is 664 g/mol. The molecule has 0 amide bonds. The van der Waals surface area contributed by atoms with E-state index in [0.717, 1.165) is 16.3 Å². The van der Waals surface area contributed by atoms with Crippen LogP contribution >= 0.6 is 22.9 Å². The van der Waals surface area contributed by atoms with E-state index < -0.39 is 30.2 Å². The summed E-state index contributed by atoms with van der Waals surface area (Å²) in [5, 5.41) is 2.84. The van der Waals surface area contributed by atoms with Crippen LogP contribution < -0.4 is 0 Å². The number of benzene rings is 1. The quantitative estimate of drug-likeness (QED) is 0.266. The highest BCUT2D eigenvalue weighted by molar-refractivity contribution is 7.11. The van der Waals surface area contributed by atoms with Gasteiger partial charge in [-0.15, -0.1) is 11.3 Å². The normalized spacial score (nSPS) is 25.5. The Bertz CT molecular complexity index is 1560. The van der Waals surface area contributed by atoms with Gasteiger partial charge in [0.15, 0.2) is 10.8 Å². The summed E-state index contributed by atoms with van der Waals surface area (Å²) in [7, 11) is 1.95. The van der Waals surface area contributed by atoms with E-state index in [4.69, 9.17) is 21.6 Å². The molecule has 0 spiro atoms. The highest BCUT2D eigenvalue weighted by Crippen LogP contribution is 2.45. The summed E-state index contributed by atoms with van der Waals surface area (Å²) in [6, 6.07) is 2.27. The van der Waals surface area contributed by atoms with E-state index in [9.17, 15) is 22.0 Å². The predicted octanol–water partition coefficient (Wildman–Crippen LogP) is 7.22. The third kappa shape index (κ3) is 6.94. The van der Waals surface area contributed by atoms with Crippen molar-refractivity contribution >= 4 is 34.5 Å². The van der Waals surface area contributed by atoms with Crippen molar-refractivity contribution in [2.75, 3.05) is 39.8 Å². The summed E-state index contributed by atoms with van der Waals surface area (Å²) >= 11 is 8.07. The fraction of sp³-hybridized carbons (Fsp3) is 0.469. The summed E-state index contributed by atoms with van der Waals surface area (Å²) in [4.78, 5) is 20.3. The van der Waals surface area contributed by atoms with E-state index in [1.54, 1.807) is 23.2 Å². The maximum Gasteiger partial charge on any atom is 0.404 e. The van der Waals surface area contributed by atoms with Gasteiger partial charge in [0.05, 0.1) is 11.4 Å². The maximum absolute atomic E-state index is 14.1. The third-order valence-electron chi connectivity index (χ3n) is 8.64. The van der Waals surface area contributed by atoms with Crippen molar-refractivity contribution in [1.29, 1.82) is 0 Å². The first-order valence-electron chi connectivity index (χ1n) is 15.0. The number of alkyl halides is 4. The molecule has 0 N–H and O–H groups in total. The number of allylic oxidation sites excluding steroid dienone is 4. The number of fused-ring (bicyclic) bond motifs is 1. The molecular weight excluding hydrogens is 631 g/mol. The molecule has 2 aromatic rings. The van der Waals surface area contributed by atoms with E-state index >= 15 is 0 Å². The van der Waals surface area contributed by atoms with E-state index in [2.05, 4.69) is 14.8 Å². The molecule has 2 fully saturated rings.